The predicted octanol–water partition coefficient (Wildman–Crippen LogP) is 2.33. The lowest BCUT2D eigenvalue weighted by Crippen LogP contribution is -2.55. The van der Waals surface area contributed by atoms with Crippen LogP contribution in [0.5, 0.6) is 0 Å². The number of carbonyl (C=O) groups is 1. The molecule has 0 saturated carbocycles. The first-order valence-corrected chi connectivity index (χ1v) is 9.40. The highest BCUT2D eigenvalue weighted by molar-refractivity contribution is 6.31. The van der Waals surface area contributed by atoms with Crippen LogP contribution in [0.25, 0.3) is 10.9 Å². The van der Waals surface area contributed by atoms with E-state index < -0.39 is 0 Å². The number of fused-ring (bicyclic) bond motifs is 1. The Morgan fingerprint density at radius 3 is 2.52 bits per heavy atom. The van der Waals surface area contributed by atoms with Crippen molar-refractivity contribution in [1.82, 2.24) is 14.8 Å². The van der Waals surface area contributed by atoms with Crippen molar-refractivity contribution < 1.29 is 9.53 Å². The van der Waals surface area contributed by atoms with Gasteiger partial charge in [-0.05, 0) is 18.2 Å². The average molecular weight is 386 g/mol. The zero-order chi connectivity index (χ0) is 18.8. The largest absolute Gasteiger partial charge is 0.378 e. The quantitative estimate of drug-likeness (QED) is 0.753. The number of ether oxygens (including phenoxy) is 1. The van der Waals surface area contributed by atoms with Crippen LogP contribution in [0, 0.1) is 11.3 Å². The van der Waals surface area contributed by atoms with Gasteiger partial charge in [-0.2, -0.15) is 5.26 Å². The Morgan fingerprint density at radius 1 is 1.11 bits per heavy atom. The van der Waals surface area contributed by atoms with Gasteiger partial charge < -0.3 is 19.4 Å². The topological polar surface area (TPSA) is 72.7 Å². The van der Waals surface area contributed by atoms with Crippen LogP contribution in [0.3, 0.4) is 0 Å². The van der Waals surface area contributed by atoms with Gasteiger partial charge >= 0.3 is 6.03 Å². The highest BCUT2D eigenvalue weighted by Gasteiger charge is 2.28. The summed E-state index contributed by atoms with van der Waals surface area (Å²) in [6.45, 7) is 5.04. The summed E-state index contributed by atoms with van der Waals surface area (Å²) in [5, 5.41) is 11.0. The lowest BCUT2D eigenvalue weighted by molar-refractivity contribution is 0.0428. The minimum atomic E-state index is 0.0705. The number of piperazine rings is 1. The molecular weight excluding hydrogens is 366 g/mol. The number of aromatic nitrogens is 1. The van der Waals surface area contributed by atoms with Crippen LogP contribution in [-0.4, -0.2) is 73.3 Å². The van der Waals surface area contributed by atoms with Crippen LogP contribution in [0.2, 0.25) is 5.02 Å². The smallest absolute Gasteiger partial charge is 0.320 e. The van der Waals surface area contributed by atoms with Crippen LogP contribution in [0.4, 0.5) is 10.5 Å². The maximum atomic E-state index is 12.7. The molecular formula is C19H20ClN5O2. The molecule has 2 aromatic rings. The number of halogens is 1. The van der Waals surface area contributed by atoms with Crippen molar-refractivity contribution in [3.8, 4) is 6.07 Å². The number of morpholine rings is 1. The number of anilines is 1. The number of nitrogens with zero attached hydrogens (tertiary/aromatic N) is 5. The first-order chi connectivity index (χ1) is 13.2. The summed E-state index contributed by atoms with van der Waals surface area (Å²) in [7, 11) is 0. The number of carbonyl (C=O) groups excluding carboxylic acids is 1. The van der Waals surface area contributed by atoms with E-state index in [0.717, 1.165) is 16.6 Å². The Hall–Kier alpha value is -2.56. The van der Waals surface area contributed by atoms with Crippen LogP contribution in [0.15, 0.2) is 24.4 Å². The number of pyridine rings is 1. The third-order valence-corrected chi connectivity index (χ3v) is 5.31. The molecule has 3 heterocycles. The van der Waals surface area contributed by atoms with E-state index in [2.05, 4.69) is 16.0 Å². The molecule has 0 N–H and O–H groups in total. The second kappa shape index (κ2) is 7.59. The minimum Gasteiger partial charge on any atom is -0.378 e. The zero-order valence-electron chi connectivity index (χ0n) is 14.9. The number of rotatable bonds is 1. The molecule has 8 heteroatoms. The van der Waals surface area contributed by atoms with E-state index in [-0.39, 0.29) is 6.03 Å². The van der Waals surface area contributed by atoms with E-state index in [9.17, 15) is 10.1 Å². The van der Waals surface area contributed by atoms with Crippen LogP contribution in [0.1, 0.15) is 5.56 Å². The minimum absolute atomic E-state index is 0.0705. The van der Waals surface area contributed by atoms with Crippen LogP contribution >= 0.6 is 11.6 Å². The molecule has 1 aromatic heterocycles. The van der Waals surface area contributed by atoms with E-state index >= 15 is 0 Å². The van der Waals surface area contributed by atoms with Crippen molar-refractivity contribution >= 4 is 34.2 Å². The monoisotopic (exact) mass is 385 g/mol. The molecule has 7 nitrogen and oxygen atoms in total. The number of hydrogen-bond donors (Lipinski definition) is 0. The summed E-state index contributed by atoms with van der Waals surface area (Å²) in [5.41, 5.74) is 2.18. The molecule has 2 saturated heterocycles. The summed E-state index contributed by atoms with van der Waals surface area (Å²) >= 11 is 6.18. The van der Waals surface area contributed by atoms with E-state index in [0.29, 0.717) is 63.1 Å². The molecule has 4 rings (SSSR count). The average Bonchev–Trinajstić information content (AvgIpc) is 2.73. The van der Waals surface area contributed by atoms with E-state index in [1.807, 2.05) is 21.9 Å². The Morgan fingerprint density at radius 2 is 1.81 bits per heavy atom. The molecule has 2 fully saturated rings. The van der Waals surface area contributed by atoms with Crippen LogP contribution < -0.4 is 4.90 Å². The Balaban J connectivity index is 1.55. The van der Waals surface area contributed by atoms with Gasteiger partial charge in [-0.25, -0.2) is 4.79 Å². The van der Waals surface area contributed by atoms with Gasteiger partial charge in [-0.15, -0.1) is 0 Å². The molecule has 27 heavy (non-hydrogen) atoms. The van der Waals surface area contributed by atoms with Crippen molar-refractivity contribution in [3.05, 3.63) is 35.0 Å². The van der Waals surface area contributed by atoms with Gasteiger partial charge in [0.05, 0.1) is 30.0 Å². The lowest BCUT2D eigenvalue weighted by atomic mass is 10.1. The fourth-order valence-corrected chi connectivity index (χ4v) is 3.82. The molecule has 0 aliphatic carbocycles. The second-order valence-electron chi connectivity index (χ2n) is 6.65. The summed E-state index contributed by atoms with van der Waals surface area (Å²) in [5.74, 6) is 0. The first kappa shape index (κ1) is 17.8. The fraction of sp³-hybridized carbons (Fsp3) is 0.421. The number of nitriles is 1. The first-order valence-electron chi connectivity index (χ1n) is 9.02. The van der Waals surface area contributed by atoms with Crippen LogP contribution in [-0.2, 0) is 4.74 Å². The highest BCUT2D eigenvalue weighted by Crippen LogP contribution is 2.32. The molecule has 0 atom stereocenters. The molecule has 0 unspecified atom stereocenters. The Labute approximate surface area is 162 Å². The number of benzene rings is 1. The molecule has 2 aliphatic rings. The Bertz CT molecular complexity index is 899. The normalized spacial score (nSPS) is 17.9. The van der Waals surface area contributed by atoms with E-state index in [1.54, 1.807) is 12.3 Å². The number of hydrogen-bond acceptors (Lipinski definition) is 5. The van der Waals surface area contributed by atoms with Crippen molar-refractivity contribution in [2.45, 2.75) is 0 Å². The predicted molar refractivity (Wildman–Crippen MR) is 103 cm³/mol. The maximum absolute atomic E-state index is 12.7. The van der Waals surface area contributed by atoms with Gasteiger partial charge in [0.15, 0.2) is 0 Å². The molecule has 2 amide bonds. The third kappa shape index (κ3) is 3.51. The number of urea groups is 1. The number of amides is 2. The second-order valence-corrected chi connectivity index (χ2v) is 7.09. The van der Waals surface area contributed by atoms with Crippen molar-refractivity contribution in [2.24, 2.45) is 0 Å². The molecule has 2 aliphatic heterocycles. The molecule has 0 bridgehead atoms. The van der Waals surface area contributed by atoms with Gasteiger partial charge in [0.25, 0.3) is 0 Å². The van der Waals surface area contributed by atoms with Gasteiger partial charge in [0.2, 0.25) is 0 Å². The van der Waals surface area contributed by atoms with E-state index in [1.165, 1.54) is 0 Å². The SMILES string of the molecule is N#Cc1cnc2ccc(Cl)cc2c1N1CCN(C(=O)N2CCOCC2)CC1. The molecule has 0 radical (unpaired) electrons. The fourth-order valence-electron chi connectivity index (χ4n) is 3.65. The van der Waals surface area contributed by atoms with Gasteiger partial charge in [-0.1, -0.05) is 11.6 Å². The van der Waals surface area contributed by atoms with Gasteiger partial charge in [0, 0.05) is 55.9 Å². The summed E-state index contributed by atoms with van der Waals surface area (Å²) < 4.78 is 5.32. The van der Waals surface area contributed by atoms with E-state index in [4.69, 9.17) is 16.3 Å². The molecule has 1 aromatic carbocycles. The lowest BCUT2D eigenvalue weighted by Gasteiger charge is -2.39. The standard InChI is InChI=1S/C19H20ClN5O2/c20-15-1-2-17-16(11-15)18(14(12-21)13-22-17)23-3-5-24(6-4-23)19(26)25-7-9-27-10-8-25/h1-2,11,13H,3-10H2. The Kier molecular flexibility index (Phi) is 5.01. The van der Waals surface area contributed by atoms with Gasteiger partial charge in [0.1, 0.15) is 6.07 Å². The summed E-state index contributed by atoms with van der Waals surface area (Å²) in [6.07, 6.45) is 1.61. The highest BCUT2D eigenvalue weighted by atomic mass is 35.5. The maximum Gasteiger partial charge on any atom is 0.320 e. The zero-order valence-corrected chi connectivity index (χ0v) is 15.7. The summed E-state index contributed by atoms with van der Waals surface area (Å²) in [4.78, 5) is 22.9. The summed E-state index contributed by atoms with van der Waals surface area (Å²) in [6, 6.07) is 7.82. The molecule has 140 valence electrons. The van der Waals surface area contributed by atoms with Crippen molar-refractivity contribution in [1.29, 1.82) is 5.26 Å². The molecule has 0 spiro atoms. The van der Waals surface area contributed by atoms with Gasteiger partial charge in [-0.3, -0.25) is 4.98 Å². The van der Waals surface area contributed by atoms with Crippen molar-refractivity contribution in [3.63, 3.8) is 0 Å². The third-order valence-electron chi connectivity index (χ3n) is 5.07. The van der Waals surface area contributed by atoms with Crippen molar-refractivity contribution in [2.75, 3.05) is 57.4 Å².